The number of piperidine rings is 1. The van der Waals surface area contributed by atoms with Crippen LogP contribution in [0.25, 0.3) is 0 Å². The highest BCUT2D eigenvalue weighted by atomic mass is 16.2. The van der Waals surface area contributed by atoms with E-state index in [1.165, 1.54) is 19.2 Å². The molecule has 3 aliphatic rings. The highest BCUT2D eigenvalue weighted by Crippen LogP contribution is 2.29. The maximum atomic E-state index is 12.7. The van der Waals surface area contributed by atoms with Crippen molar-refractivity contribution < 1.29 is 9.59 Å². The molecule has 0 radical (unpaired) electrons. The third kappa shape index (κ3) is 2.87. The largest absolute Gasteiger partial charge is 0.338 e. The van der Waals surface area contributed by atoms with Gasteiger partial charge in [0.15, 0.2) is 0 Å². The zero-order valence-corrected chi connectivity index (χ0v) is 13.6. The maximum absolute atomic E-state index is 12.7. The van der Waals surface area contributed by atoms with E-state index >= 15 is 0 Å². The van der Waals surface area contributed by atoms with Gasteiger partial charge in [0, 0.05) is 38.8 Å². The lowest BCUT2D eigenvalue weighted by atomic mass is 9.94. The summed E-state index contributed by atoms with van der Waals surface area (Å²) < 4.78 is 1.16. The Kier molecular flexibility index (Phi) is 4.19. The van der Waals surface area contributed by atoms with Gasteiger partial charge in [-0.05, 0) is 25.3 Å². The van der Waals surface area contributed by atoms with Gasteiger partial charge in [0.05, 0.1) is 5.92 Å². The fourth-order valence-electron chi connectivity index (χ4n) is 3.52. The first-order chi connectivity index (χ1) is 11.0. The van der Waals surface area contributed by atoms with Crippen molar-refractivity contribution in [1.29, 1.82) is 0 Å². The van der Waals surface area contributed by atoms with E-state index in [0.29, 0.717) is 13.1 Å². The van der Waals surface area contributed by atoms with Crippen molar-refractivity contribution in [2.45, 2.75) is 32.2 Å². The third-order valence-corrected chi connectivity index (χ3v) is 4.72. The molecule has 2 atom stereocenters. The molecular weight excluding hydrogens is 296 g/mol. The van der Waals surface area contributed by atoms with Crippen LogP contribution >= 0.6 is 0 Å². The van der Waals surface area contributed by atoms with E-state index in [1.807, 2.05) is 4.90 Å². The van der Waals surface area contributed by atoms with E-state index in [2.05, 4.69) is 12.0 Å². The summed E-state index contributed by atoms with van der Waals surface area (Å²) in [6.07, 6.45) is 2.71. The van der Waals surface area contributed by atoms with Crippen LogP contribution in [-0.2, 0) is 11.8 Å². The minimum absolute atomic E-state index is 0.0951. The molecule has 0 N–H and O–H groups in total. The van der Waals surface area contributed by atoms with Crippen molar-refractivity contribution in [3.05, 3.63) is 28.2 Å². The Morgan fingerprint density at radius 2 is 2.04 bits per heavy atom. The number of hydrogen-bond acceptors (Lipinski definition) is 4. The topological polar surface area (TPSA) is 75.5 Å². The summed E-state index contributed by atoms with van der Waals surface area (Å²) in [6, 6.07) is 2.90. The van der Waals surface area contributed by atoms with Crippen molar-refractivity contribution >= 4 is 11.8 Å². The van der Waals surface area contributed by atoms with Crippen LogP contribution < -0.4 is 5.56 Å². The zero-order chi connectivity index (χ0) is 16.6. The Labute approximate surface area is 134 Å². The lowest BCUT2D eigenvalue weighted by molar-refractivity contribution is -0.139. The number of carbonyl (C=O) groups is 2. The number of aryl methyl sites for hydroxylation is 1. The number of rotatable bonds is 3. The number of nitrogens with zero attached hydrogens (tertiary/aromatic N) is 4. The predicted octanol–water partition coefficient (Wildman–Crippen LogP) is 0.253. The monoisotopic (exact) mass is 318 g/mol. The number of hydrogen-bond donors (Lipinski definition) is 0. The molecule has 4 heterocycles. The molecule has 0 aromatic carbocycles. The average molecular weight is 318 g/mol. The maximum Gasteiger partial charge on any atom is 0.274 e. The molecule has 23 heavy (non-hydrogen) atoms. The van der Waals surface area contributed by atoms with E-state index in [4.69, 9.17) is 0 Å². The first kappa shape index (κ1) is 15.7. The Bertz CT molecular complexity index is 684. The molecule has 0 spiro atoms. The molecule has 0 aliphatic carbocycles. The summed E-state index contributed by atoms with van der Waals surface area (Å²) in [5, 5.41) is 4.04. The van der Waals surface area contributed by atoms with Crippen LogP contribution in [0.5, 0.6) is 0 Å². The number of aromatic nitrogens is 2. The summed E-state index contributed by atoms with van der Waals surface area (Å²) in [6.45, 7) is 3.80. The molecule has 7 heteroatoms. The normalized spacial score (nSPS) is 24.0. The Hall–Kier alpha value is -2.18. The molecular formula is C16H22N4O3. The fourth-order valence-corrected chi connectivity index (χ4v) is 3.52. The molecule has 2 amide bonds. The van der Waals surface area contributed by atoms with Crippen LogP contribution in [0.4, 0.5) is 0 Å². The first-order valence-corrected chi connectivity index (χ1v) is 8.15. The van der Waals surface area contributed by atoms with E-state index in [9.17, 15) is 14.4 Å². The highest BCUT2D eigenvalue weighted by molar-refractivity contribution is 5.93. The van der Waals surface area contributed by atoms with Crippen molar-refractivity contribution in [2.24, 2.45) is 13.0 Å². The molecule has 4 rings (SSSR count). The highest BCUT2D eigenvalue weighted by Gasteiger charge is 2.41. The van der Waals surface area contributed by atoms with E-state index in [0.717, 1.165) is 30.5 Å². The zero-order valence-electron chi connectivity index (χ0n) is 13.6. The van der Waals surface area contributed by atoms with Crippen molar-refractivity contribution in [2.75, 3.05) is 19.6 Å². The van der Waals surface area contributed by atoms with Gasteiger partial charge < -0.3 is 9.80 Å². The molecule has 124 valence electrons. The molecule has 0 saturated carbocycles. The molecule has 3 aliphatic heterocycles. The molecule has 3 saturated heterocycles. The van der Waals surface area contributed by atoms with Gasteiger partial charge >= 0.3 is 0 Å². The van der Waals surface area contributed by atoms with Gasteiger partial charge in [0.2, 0.25) is 5.91 Å². The summed E-state index contributed by atoms with van der Waals surface area (Å²) in [5.41, 5.74) is 0.00433. The summed E-state index contributed by atoms with van der Waals surface area (Å²) in [7, 11) is 1.53. The number of amides is 2. The van der Waals surface area contributed by atoms with Gasteiger partial charge in [-0.25, -0.2) is 4.68 Å². The molecule has 1 aromatic rings. The van der Waals surface area contributed by atoms with Gasteiger partial charge in [0.1, 0.15) is 5.69 Å². The molecule has 0 unspecified atom stereocenters. The van der Waals surface area contributed by atoms with E-state index in [-0.39, 0.29) is 35.0 Å². The van der Waals surface area contributed by atoms with Crippen LogP contribution in [0, 0.1) is 5.92 Å². The smallest absolute Gasteiger partial charge is 0.274 e. The first-order valence-electron chi connectivity index (χ1n) is 8.15. The molecule has 1 aromatic heterocycles. The van der Waals surface area contributed by atoms with Crippen LogP contribution in [-0.4, -0.2) is 57.1 Å². The SMILES string of the molecule is CCCN1C(=O)[C@@H]2CC[C@H]1CN(C(=O)c1ccc(=O)n(C)n1)C2. The molecule has 3 fully saturated rings. The Balaban J connectivity index is 1.84. The van der Waals surface area contributed by atoms with Crippen LogP contribution in [0.15, 0.2) is 16.9 Å². The summed E-state index contributed by atoms with van der Waals surface area (Å²) in [4.78, 5) is 40.3. The van der Waals surface area contributed by atoms with E-state index in [1.54, 1.807) is 4.90 Å². The number of carbonyl (C=O) groups excluding carboxylic acids is 2. The quantitative estimate of drug-likeness (QED) is 0.801. The summed E-state index contributed by atoms with van der Waals surface area (Å²) >= 11 is 0. The van der Waals surface area contributed by atoms with Gasteiger partial charge in [-0.2, -0.15) is 5.10 Å². The second-order valence-corrected chi connectivity index (χ2v) is 6.35. The Morgan fingerprint density at radius 1 is 1.26 bits per heavy atom. The van der Waals surface area contributed by atoms with Crippen molar-refractivity contribution in [3.8, 4) is 0 Å². The summed E-state index contributed by atoms with van der Waals surface area (Å²) in [5.74, 6) is -0.146. The van der Waals surface area contributed by atoms with Crippen molar-refractivity contribution in [1.82, 2.24) is 19.6 Å². The number of fused-ring (bicyclic) bond motifs is 4. The average Bonchev–Trinajstić information content (AvgIpc) is 2.82. The Morgan fingerprint density at radius 3 is 2.74 bits per heavy atom. The van der Waals surface area contributed by atoms with Crippen LogP contribution in [0.1, 0.15) is 36.7 Å². The second kappa shape index (κ2) is 6.14. The van der Waals surface area contributed by atoms with Crippen LogP contribution in [0.2, 0.25) is 0 Å². The van der Waals surface area contributed by atoms with Crippen LogP contribution in [0.3, 0.4) is 0 Å². The second-order valence-electron chi connectivity index (χ2n) is 6.35. The lowest BCUT2D eigenvalue weighted by Gasteiger charge is -2.35. The fraction of sp³-hybridized carbons (Fsp3) is 0.625. The lowest BCUT2D eigenvalue weighted by Crippen LogP contribution is -2.48. The molecule has 7 nitrogen and oxygen atoms in total. The van der Waals surface area contributed by atoms with Gasteiger partial charge in [-0.3, -0.25) is 14.4 Å². The third-order valence-electron chi connectivity index (χ3n) is 4.72. The van der Waals surface area contributed by atoms with Gasteiger partial charge in [-0.1, -0.05) is 6.92 Å². The van der Waals surface area contributed by atoms with Gasteiger partial charge in [0.25, 0.3) is 11.5 Å². The minimum atomic E-state index is -0.248. The minimum Gasteiger partial charge on any atom is -0.338 e. The molecule has 2 bridgehead atoms. The predicted molar refractivity (Wildman–Crippen MR) is 83.9 cm³/mol. The van der Waals surface area contributed by atoms with Gasteiger partial charge in [-0.15, -0.1) is 0 Å². The standard InChI is InChI=1S/C16H22N4O3/c1-3-8-20-12-5-4-11(15(20)22)9-19(10-12)16(23)13-6-7-14(21)18(2)17-13/h6-7,11-12H,3-5,8-10H2,1-2H3/t11-,12+/m1/s1. The van der Waals surface area contributed by atoms with E-state index < -0.39 is 0 Å². The van der Waals surface area contributed by atoms with Crippen molar-refractivity contribution in [3.63, 3.8) is 0 Å².